The molecule has 1 aromatic carbocycles. The van der Waals surface area contributed by atoms with Gasteiger partial charge >= 0.3 is 0 Å². The number of fused-ring (bicyclic) bond motifs is 2. The lowest BCUT2D eigenvalue weighted by molar-refractivity contribution is 1.12. The lowest BCUT2D eigenvalue weighted by atomic mass is 10.0. The number of benzene rings is 1. The second kappa shape index (κ2) is 5.03. The summed E-state index contributed by atoms with van der Waals surface area (Å²) in [4.78, 5) is 11.6. The maximum Gasteiger partial charge on any atom is 0.116 e. The monoisotopic (exact) mass is 311 g/mol. The van der Waals surface area contributed by atoms with Crippen molar-refractivity contribution in [2.24, 2.45) is 0 Å². The smallest absolute Gasteiger partial charge is 0.116 e. The molecule has 0 aliphatic carbocycles. The van der Waals surface area contributed by atoms with Crippen molar-refractivity contribution < 1.29 is 0 Å². The molecule has 0 bridgehead atoms. The van der Waals surface area contributed by atoms with E-state index in [9.17, 15) is 0 Å². The fourth-order valence-electron chi connectivity index (χ4n) is 3.04. The molecular weight excluding hydrogens is 298 g/mol. The first-order valence-corrected chi connectivity index (χ1v) is 7.70. The highest BCUT2D eigenvalue weighted by Gasteiger charge is 2.12. The summed E-state index contributed by atoms with van der Waals surface area (Å²) in [5, 5.41) is 9.83. The molecule has 0 spiro atoms. The SMILES string of the molecule is c1cc(-c2ccc3[nH]nc(-c4cc5ccncc5[nH]4)c3c2)ccn1. The van der Waals surface area contributed by atoms with Crippen molar-refractivity contribution in [2.75, 3.05) is 0 Å². The molecule has 0 saturated heterocycles. The summed E-state index contributed by atoms with van der Waals surface area (Å²) in [6.07, 6.45) is 7.24. The van der Waals surface area contributed by atoms with Crippen LogP contribution < -0.4 is 0 Å². The molecule has 0 aliphatic heterocycles. The minimum atomic E-state index is 0.914. The Hall–Kier alpha value is -3.47. The Bertz CT molecular complexity index is 1120. The van der Waals surface area contributed by atoms with Crippen molar-refractivity contribution in [3.8, 4) is 22.5 Å². The molecule has 0 radical (unpaired) electrons. The molecule has 5 aromatic rings. The van der Waals surface area contributed by atoms with Crippen molar-refractivity contribution in [3.63, 3.8) is 0 Å². The second-order valence-corrected chi connectivity index (χ2v) is 5.71. The highest BCUT2D eigenvalue weighted by Crippen LogP contribution is 2.31. The first-order valence-electron chi connectivity index (χ1n) is 7.70. The van der Waals surface area contributed by atoms with E-state index in [2.05, 4.69) is 49.4 Å². The van der Waals surface area contributed by atoms with E-state index < -0.39 is 0 Å². The predicted molar refractivity (Wildman–Crippen MR) is 94.4 cm³/mol. The number of aromatic nitrogens is 5. The summed E-state index contributed by atoms with van der Waals surface area (Å²) >= 11 is 0. The summed E-state index contributed by atoms with van der Waals surface area (Å²) in [6.45, 7) is 0. The van der Waals surface area contributed by atoms with Crippen LogP contribution in [0.1, 0.15) is 0 Å². The zero-order valence-electron chi connectivity index (χ0n) is 12.7. The first-order chi connectivity index (χ1) is 11.9. The first kappa shape index (κ1) is 13.0. The quantitative estimate of drug-likeness (QED) is 0.514. The summed E-state index contributed by atoms with van der Waals surface area (Å²) in [5.74, 6) is 0. The van der Waals surface area contributed by atoms with E-state index in [4.69, 9.17) is 0 Å². The molecule has 4 aromatic heterocycles. The largest absolute Gasteiger partial charge is 0.352 e. The molecule has 0 fully saturated rings. The Labute approximate surface area is 137 Å². The number of pyridine rings is 2. The van der Waals surface area contributed by atoms with Crippen molar-refractivity contribution in [2.45, 2.75) is 0 Å². The third kappa shape index (κ3) is 1.99. The molecule has 0 saturated carbocycles. The number of nitrogens with zero attached hydrogens (tertiary/aromatic N) is 3. The van der Waals surface area contributed by atoms with Crippen LogP contribution in [0.15, 0.2) is 67.3 Å². The van der Waals surface area contributed by atoms with Gasteiger partial charge in [0, 0.05) is 29.4 Å². The molecule has 5 nitrogen and oxygen atoms in total. The van der Waals surface area contributed by atoms with Crippen LogP contribution in [-0.2, 0) is 0 Å². The molecule has 0 aliphatic rings. The Kier molecular flexibility index (Phi) is 2.72. The van der Waals surface area contributed by atoms with Crippen LogP contribution in [0, 0.1) is 0 Å². The molecule has 5 rings (SSSR count). The van der Waals surface area contributed by atoms with Gasteiger partial charge in [0.2, 0.25) is 0 Å². The van der Waals surface area contributed by atoms with Crippen molar-refractivity contribution in [3.05, 3.63) is 67.3 Å². The highest BCUT2D eigenvalue weighted by atomic mass is 15.1. The third-order valence-electron chi connectivity index (χ3n) is 4.26. The van der Waals surface area contributed by atoms with Gasteiger partial charge in [-0.3, -0.25) is 15.1 Å². The van der Waals surface area contributed by atoms with E-state index in [0.29, 0.717) is 0 Å². The third-order valence-corrected chi connectivity index (χ3v) is 4.26. The fourth-order valence-corrected chi connectivity index (χ4v) is 3.04. The van der Waals surface area contributed by atoms with E-state index in [1.165, 1.54) is 0 Å². The average molecular weight is 311 g/mol. The summed E-state index contributed by atoms with van der Waals surface area (Å²) in [6, 6.07) is 14.4. The van der Waals surface area contributed by atoms with Gasteiger partial charge in [0.25, 0.3) is 0 Å². The van der Waals surface area contributed by atoms with Crippen molar-refractivity contribution in [1.82, 2.24) is 25.1 Å². The van der Waals surface area contributed by atoms with Crippen molar-refractivity contribution >= 4 is 21.8 Å². The van der Waals surface area contributed by atoms with E-state index >= 15 is 0 Å². The lowest BCUT2D eigenvalue weighted by Crippen LogP contribution is -1.81. The molecule has 4 heterocycles. The molecule has 0 amide bonds. The Balaban J connectivity index is 1.71. The van der Waals surface area contributed by atoms with Gasteiger partial charge < -0.3 is 4.98 Å². The molecule has 24 heavy (non-hydrogen) atoms. The van der Waals surface area contributed by atoms with Crippen LogP contribution in [0.3, 0.4) is 0 Å². The van der Waals surface area contributed by atoms with Crippen LogP contribution in [-0.4, -0.2) is 25.1 Å². The summed E-state index contributed by atoms with van der Waals surface area (Å²) < 4.78 is 0. The maximum absolute atomic E-state index is 4.51. The molecule has 0 unspecified atom stereocenters. The van der Waals surface area contributed by atoms with Gasteiger partial charge in [-0.05, 0) is 47.5 Å². The van der Waals surface area contributed by atoms with Gasteiger partial charge in [-0.15, -0.1) is 0 Å². The predicted octanol–water partition coefficient (Wildman–Crippen LogP) is 4.17. The standard InChI is InChI=1S/C19H13N5/c1-2-16-15(9-13(1)12-3-6-20-7-4-12)19(24-23-16)17-10-14-5-8-21-11-18(14)22-17/h1-11,22H,(H,23,24). The molecular formula is C19H13N5. The van der Waals surface area contributed by atoms with Gasteiger partial charge in [0.05, 0.1) is 22.9 Å². The Morgan fingerprint density at radius 3 is 2.50 bits per heavy atom. The van der Waals surface area contributed by atoms with Crippen molar-refractivity contribution in [1.29, 1.82) is 0 Å². The lowest BCUT2D eigenvalue weighted by Gasteiger charge is -2.01. The zero-order chi connectivity index (χ0) is 15.9. The van der Waals surface area contributed by atoms with E-state index in [-0.39, 0.29) is 0 Å². The maximum atomic E-state index is 4.51. The van der Waals surface area contributed by atoms with Gasteiger partial charge in [-0.2, -0.15) is 5.10 Å². The topological polar surface area (TPSA) is 70.2 Å². The molecule has 5 heteroatoms. The van der Waals surface area contributed by atoms with Crippen LogP contribution in [0.4, 0.5) is 0 Å². The van der Waals surface area contributed by atoms with Gasteiger partial charge in [-0.1, -0.05) is 6.07 Å². The summed E-state index contributed by atoms with van der Waals surface area (Å²) in [7, 11) is 0. The normalized spacial score (nSPS) is 11.3. The minimum absolute atomic E-state index is 0.914. The average Bonchev–Trinajstić information content (AvgIpc) is 3.25. The number of hydrogen-bond acceptors (Lipinski definition) is 3. The van der Waals surface area contributed by atoms with E-state index in [0.717, 1.165) is 44.3 Å². The number of rotatable bonds is 2. The van der Waals surface area contributed by atoms with Gasteiger partial charge in [-0.25, -0.2) is 0 Å². The highest BCUT2D eigenvalue weighted by molar-refractivity contribution is 5.97. The van der Waals surface area contributed by atoms with Crippen LogP contribution >= 0.6 is 0 Å². The molecule has 2 N–H and O–H groups in total. The zero-order valence-corrected chi connectivity index (χ0v) is 12.7. The molecule has 0 atom stereocenters. The van der Waals surface area contributed by atoms with E-state index in [1.807, 2.05) is 24.4 Å². The fraction of sp³-hybridized carbons (Fsp3) is 0. The Morgan fingerprint density at radius 2 is 1.62 bits per heavy atom. The number of nitrogens with one attached hydrogen (secondary N) is 2. The van der Waals surface area contributed by atoms with Gasteiger partial charge in [0.15, 0.2) is 0 Å². The van der Waals surface area contributed by atoms with Crippen LogP contribution in [0.2, 0.25) is 0 Å². The minimum Gasteiger partial charge on any atom is -0.352 e. The van der Waals surface area contributed by atoms with Crippen LogP contribution in [0.5, 0.6) is 0 Å². The molecule has 114 valence electrons. The number of H-pyrrole nitrogens is 2. The van der Waals surface area contributed by atoms with Crippen LogP contribution in [0.25, 0.3) is 44.3 Å². The van der Waals surface area contributed by atoms with Gasteiger partial charge in [0.1, 0.15) is 5.69 Å². The van der Waals surface area contributed by atoms with E-state index in [1.54, 1.807) is 18.6 Å². The second-order valence-electron chi connectivity index (χ2n) is 5.71. The number of hydrogen-bond donors (Lipinski definition) is 2. The number of aromatic amines is 2. The summed E-state index contributed by atoms with van der Waals surface area (Å²) in [5.41, 5.74) is 6.20. The Morgan fingerprint density at radius 1 is 0.750 bits per heavy atom.